The molecule has 20 heavy (non-hydrogen) atoms. The monoisotopic (exact) mass is 288 g/mol. The van der Waals surface area contributed by atoms with E-state index in [0.717, 1.165) is 0 Å². The maximum Gasteiger partial charge on any atom is 0.271 e. The van der Waals surface area contributed by atoms with E-state index in [2.05, 4.69) is 4.98 Å². The van der Waals surface area contributed by atoms with Crippen molar-refractivity contribution in [1.29, 1.82) is 0 Å². The van der Waals surface area contributed by atoms with E-state index in [-0.39, 0.29) is 11.0 Å². The molecule has 7 heteroatoms. The highest BCUT2D eigenvalue weighted by molar-refractivity contribution is 6.29. The minimum absolute atomic E-state index is 0.0279. The lowest BCUT2D eigenvalue weighted by Gasteiger charge is -2.08. The molecule has 6 nitrogen and oxygen atoms in total. The highest BCUT2D eigenvalue weighted by atomic mass is 35.5. The molecule has 0 fully saturated rings. The van der Waals surface area contributed by atoms with Crippen molar-refractivity contribution in [2.24, 2.45) is 0 Å². The summed E-state index contributed by atoms with van der Waals surface area (Å²) in [5.74, 6) is 0. The molecule has 0 aliphatic heterocycles. The number of fused-ring (bicyclic) bond motifs is 1. The van der Waals surface area contributed by atoms with Crippen LogP contribution in [0.4, 0.5) is 11.4 Å². The van der Waals surface area contributed by atoms with Crippen LogP contribution in [0.15, 0.2) is 42.5 Å². The Hall–Kier alpha value is -2.60. The summed E-state index contributed by atoms with van der Waals surface area (Å²) in [5, 5.41) is 11.0. The number of imidazole rings is 1. The predicted molar refractivity (Wildman–Crippen MR) is 77.1 cm³/mol. The first-order valence-electron chi connectivity index (χ1n) is 5.75. The van der Waals surface area contributed by atoms with Crippen molar-refractivity contribution in [2.45, 2.75) is 0 Å². The second-order valence-corrected chi connectivity index (χ2v) is 4.54. The van der Waals surface area contributed by atoms with Crippen LogP contribution in [0, 0.1) is 10.1 Å². The van der Waals surface area contributed by atoms with Gasteiger partial charge in [-0.25, -0.2) is 4.98 Å². The number of hydrogen-bond donors (Lipinski definition) is 1. The van der Waals surface area contributed by atoms with E-state index in [4.69, 9.17) is 17.3 Å². The zero-order valence-corrected chi connectivity index (χ0v) is 10.9. The van der Waals surface area contributed by atoms with Crippen LogP contribution < -0.4 is 5.73 Å². The number of hydrogen-bond acceptors (Lipinski definition) is 4. The number of nitro benzene ring substituents is 1. The van der Waals surface area contributed by atoms with Crippen LogP contribution in [0.1, 0.15) is 0 Å². The second-order valence-electron chi connectivity index (χ2n) is 4.21. The normalized spacial score (nSPS) is 10.8. The number of aromatic nitrogens is 2. The van der Waals surface area contributed by atoms with Gasteiger partial charge < -0.3 is 5.73 Å². The van der Waals surface area contributed by atoms with Gasteiger partial charge in [0.25, 0.3) is 5.69 Å². The van der Waals surface area contributed by atoms with Crippen molar-refractivity contribution in [2.75, 3.05) is 5.73 Å². The molecule has 0 aliphatic rings. The Labute approximate surface area is 118 Å². The Kier molecular flexibility index (Phi) is 2.80. The fraction of sp³-hybridized carbons (Fsp3) is 0. The molecule has 0 saturated carbocycles. The van der Waals surface area contributed by atoms with Crippen molar-refractivity contribution in [3.63, 3.8) is 0 Å². The number of nitrogen functional groups attached to an aromatic ring is 1. The average molecular weight is 289 g/mol. The van der Waals surface area contributed by atoms with Crippen LogP contribution >= 0.6 is 11.6 Å². The van der Waals surface area contributed by atoms with Gasteiger partial charge in [-0.3, -0.25) is 14.7 Å². The summed E-state index contributed by atoms with van der Waals surface area (Å²) in [7, 11) is 0. The summed E-state index contributed by atoms with van der Waals surface area (Å²) in [6.07, 6.45) is 0. The van der Waals surface area contributed by atoms with Crippen molar-refractivity contribution < 1.29 is 4.92 Å². The molecule has 0 unspecified atom stereocenters. The number of rotatable bonds is 2. The molecule has 100 valence electrons. The Morgan fingerprint density at radius 3 is 2.70 bits per heavy atom. The Morgan fingerprint density at radius 2 is 2.00 bits per heavy atom. The molecule has 0 saturated heterocycles. The van der Waals surface area contributed by atoms with Gasteiger partial charge >= 0.3 is 0 Å². The summed E-state index contributed by atoms with van der Waals surface area (Å²) >= 11 is 6.13. The summed E-state index contributed by atoms with van der Waals surface area (Å²) in [5.41, 5.74) is 8.26. The van der Waals surface area contributed by atoms with Gasteiger partial charge in [-0.1, -0.05) is 12.1 Å². The molecule has 0 aliphatic carbocycles. The van der Waals surface area contributed by atoms with E-state index in [9.17, 15) is 10.1 Å². The number of non-ortho nitro benzene ring substituents is 1. The summed E-state index contributed by atoms with van der Waals surface area (Å²) in [6.45, 7) is 0. The standard InChI is InChI=1S/C13H9ClN4O2/c14-13-16-10-7-8(18(19)20)5-6-12(10)17(13)11-4-2-1-3-9(11)15/h1-7H,15H2. The number of anilines is 1. The summed E-state index contributed by atoms with van der Waals surface area (Å²) in [4.78, 5) is 14.5. The first-order valence-corrected chi connectivity index (χ1v) is 6.13. The number of halogens is 1. The zero-order valence-electron chi connectivity index (χ0n) is 10.2. The van der Waals surface area contributed by atoms with Crippen LogP contribution in [-0.4, -0.2) is 14.5 Å². The SMILES string of the molecule is Nc1ccccc1-n1c(Cl)nc2cc([N+](=O)[O-])ccc21. The molecule has 0 amide bonds. The Morgan fingerprint density at radius 1 is 1.25 bits per heavy atom. The maximum absolute atomic E-state index is 10.8. The minimum Gasteiger partial charge on any atom is -0.397 e. The molecule has 2 aromatic carbocycles. The molecule has 1 aromatic heterocycles. The minimum atomic E-state index is -0.469. The lowest BCUT2D eigenvalue weighted by molar-refractivity contribution is -0.384. The predicted octanol–water partition coefficient (Wildman–Crippen LogP) is 3.17. The number of nitrogens with zero attached hydrogens (tertiary/aromatic N) is 3. The molecule has 0 spiro atoms. The van der Waals surface area contributed by atoms with Crippen molar-refractivity contribution in [3.8, 4) is 5.69 Å². The van der Waals surface area contributed by atoms with Crippen molar-refractivity contribution in [1.82, 2.24) is 9.55 Å². The fourth-order valence-corrected chi connectivity index (χ4v) is 2.35. The lowest BCUT2D eigenvalue weighted by atomic mass is 10.2. The largest absolute Gasteiger partial charge is 0.397 e. The Bertz CT molecular complexity index is 828. The topological polar surface area (TPSA) is 87.0 Å². The van der Waals surface area contributed by atoms with Crippen LogP contribution in [0.25, 0.3) is 16.7 Å². The van der Waals surface area contributed by atoms with E-state index in [1.54, 1.807) is 16.7 Å². The van der Waals surface area contributed by atoms with Gasteiger partial charge in [-0.2, -0.15) is 0 Å². The van der Waals surface area contributed by atoms with Crippen molar-refractivity contribution >= 4 is 34.0 Å². The number of para-hydroxylation sites is 2. The van der Waals surface area contributed by atoms with E-state index >= 15 is 0 Å². The lowest BCUT2D eigenvalue weighted by Crippen LogP contribution is -1.99. The molecule has 3 rings (SSSR count). The van der Waals surface area contributed by atoms with Crippen LogP contribution in [0.2, 0.25) is 5.28 Å². The number of benzene rings is 2. The third kappa shape index (κ3) is 1.86. The van der Waals surface area contributed by atoms with E-state index in [1.807, 2.05) is 18.2 Å². The smallest absolute Gasteiger partial charge is 0.271 e. The van der Waals surface area contributed by atoms with Crippen LogP contribution in [0.5, 0.6) is 0 Å². The molecule has 0 radical (unpaired) electrons. The molecule has 0 bridgehead atoms. The third-order valence-corrected chi connectivity index (χ3v) is 3.24. The van der Waals surface area contributed by atoms with E-state index < -0.39 is 4.92 Å². The van der Waals surface area contributed by atoms with Gasteiger partial charge in [0.05, 0.1) is 27.3 Å². The van der Waals surface area contributed by atoms with Gasteiger partial charge in [0.2, 0.25) is 5.28 Å². The van der Waals surface area contributed by atoms with Crippen LogP contribution in [-0.2, 0) is 0 Å². The maximum atomic E-state index is 10.8. The Balaban J connectivity index is 2.29. The second kappa shape index (κ2) is 4.50. The third-order valence-electron chi connectivity index (χ3n) is 2.99. The summed E-state index contributed by atoms with van der Waals surface area (Å²) < 4.78 is 1.66. The molecule has 0 atom stereocenters. The van der Waals surface area contributed by atoms with E-state index in [1.165, 1.54) is 12.1 Å². The van der Waals surface area contributed by atoms with Gasteiger partial charge in [0.15, 0.2) is 0 Å². The van der Waals surface area contributed by atoms with Gasteiger partial charge in [0, 0.05) is 12.1 Å². The average Bonchev–Trinajstić information content (AvgIpc) is 2.74. The highest BCUT2D eigenvalue weighted by Crippen LogP contribution is 2.29. The van der Waals surface area contributed by atoms with Gasteiger partial charge in [0.1, 0.15) is 0 Å². The van der Waals surface area contributed by atoms with Crippen molar-refractivity contribution in [3.05, 3.63) is 57.9 Å². The molecule has 1 heterocycles. The zero-order chi connectivity index (χ0) is 14.3. The number of nitro groups is 1. The molecular formula is C13H9ClN4O2. The van der Waals surface area contributed by atoms with Gasteiger partial charge in [-0.05, 0) is 29.8 Å². The fourth-order valence-electron chi connectivity index (χ4n) is 2.07. The molecule has 3 aromatic rings. The summed E-state index contributed by atoms with van der Waals surface area (Å²) in [6, 6.07) is 11.6. The quantitative estimate of drug-likeness (QED) is 0.446. The molecule has 2 N–H and O–H groups in total. The highest BCUT2D eigenvalue weighted by Gasteiger charge is 2.15. The molecular weight excluding hydrogens is 280 g/mol. The van der Waals surface area contributed by atoms with E-state index in [0.29, 0.717) is 22.4 Å². The first kappa shape index (κ1) is 12.4. The first-order chi connectivity index (χ1) is 9.58. The van der Waals surface area contributed by atoms with Crippen LogP contribution in [0.3, 0.4) is 0 Å². The number of nitrogens with two attached hydrogens (primary N) is 1. The van der Waals surface area contributed by atoms with Gasteiger partial charge in [-0.15, -0.1) is 0 Å².